The predicted molar refractivity (Wildman–Crippen MR) is 66.9 cm³/mol. The van der Waals surface area contributed by atoms with E-state index in [1.54, 1.807) is 6.92 Å². The first-order valence-electron chi connectivity index (χ1n) is 6.37. The molecule has 0 aliphatic carbocycles. The van der Waals surface area contributed by atoms with Crippen molar-refractivity contribution in [3.05, 3.63) is 35.4 Å². The standard InChI is InChI=1S/C14H17F2NO2/c1-9(17-5-4-10(7-17)8-18)14(19)12-3-2-11(15)6-13(12)16/h2-3,6,9-10,18H,4-5,7-8H2,1H3. The van der Waals surface area contributed by atoms with Crippen LogP contribution in [0, 0.1) is 17.6 Å². The third-order valence-electron chi connectivity index (χ3n) is 3.70. The summed E-state index contributed by atoms with van der Waals surface area (Å²) in [6.07, 6.45) is 0.833. The van der Waals surface area contributed by atoms with Crippen molar-refractivity contribution >= 4 is 5.78 Å². The summed E-state index contributed by atoms with van der Waals surface area (Å²) in [4.78, 5) is 14.1. The number of aliphatic hydroxyl groups excluding tert-OH is 1. The Morgan fingerprint density at radius 2 is 2.26 bits per heavy atom. The number of benzene rings is 1. The fourth-order valence-electron chi connectivity index (χ4n) is 2.44. The average molecular weight is 269 g/mol. The van der Waals surface area contributed by atoms with Gasteiger partial charge in [-0.2, -0.15) is 0 Å². The molecule has 2 atom stereocenters. The molecule has 0 spiro atoms. The van der Waals surface area contributed by atoms with Gasteiger partial charge in [-0.3, -0.25) is 9.69 Å². The summed E-state index contributed by atoms with van der Waals surface area (Å²) in [5.41, 5.74) is -0.0821. The van der Waals surface area contributed by atoms with E-state index in [0.29, 0.717) is 13.1 Å². The highest BCUT2D eigenvalue weighted by Crippen LogP contribution is 2.21. The number of aliphatic hydroxyl groups is 1. The van der Waals surface area contributed by atoms with Crippen molar-refractivity contribution in [1.29, 1.82) is 0 Å². The van der Waals surface area contributed by atoms with E-state index < -0.39 is 17.7 Å². The molecule has 1 fully saturated rings. The lowest BCUT2D eigenvalue weighted by Gasteiger charge is -2.23. The van der Waals surface area contributed by atoms with Crippen LogP contribution in [0.15, 0.2) is 18.2 Å². The third kappa shape index (κ3) is 2.98. The summed E-state index contributed by atoms with van der Waals surface area (Å²) < 4.78 is 26.4. The molecule has 0 saturated carbocycles. The second kappa shape index (κ2) is 5.75. The fraction of sp³-hybridized carbons (Fsp3) is 0.500. The van der Waals surface area contributed by atoms with E-state index in [2.05, 4.69) is 0 Å². The van der Waals surface area contributed by atoms with E-state index in [1.807, 2.05) is 4.90 Å². The number of nitrogens with zero attached hydrogens (tertiary/aromatic N) is 1. The van der Waals surface area contributed by atoms with Gasteiger partial charge in [0.2, 0.25) is 0 Å². The van der Waals surface area contributed by atoms with E-state index >= 15 is 0 Å². The lowest BCUT2D eigenvalue weighted by atomic mass is 10.0. The highest BCUT2D eigenvalue weighted by molar-refractivity contribution is 6.00. The van der Waals surface area contributed by atoms with E-state index in [-0.39, 0.29) is 23.9 Å². The van der Waals surface area contributed by atoms with Gasteiger partial charge in [0.05, 0.1) is 11.6 Å². The van der Waals surface area contributed by atoms with Gasteiger partial charge in [0.25, 0.3) is 0 Å². The van der Waals surface area contributed by atoms with Crippen molar-refractivity contribution in [3.63, 3.8) is 0 Å². The molecular formula is C14H17F2NO2. The van der Waals surface area contributed by atoms with Crippen LogP contribution >= 0.6 is 0 Å². The smallest absolute Gasteiger partial charge is 0.182 e. The summed E-state index contributed by atoms with van der Waals surface area (Å²) in [6.45, 7) is 3.15. The van der Waals surface area contributed by atoms with Gasteiger partial charge in [-0.25, -0.2) is 8.78 Å². The number of carbonyl (C=O) groups excluding carboxylic acids is 1. The van der Waals surface area contributed by atoms with Gasteiger partial charge in [-0.1, -0.05) is 0 Å². The van der Waals surface area contributed by atoms with Crippen LogP contribution in [0.25, 0.3) is 0 Å². The lowest BCUT2D eigenvalue weighted by molar-refractivity contribution is 0.0853. The molecule has 1 N–H and O–H groups in total. The molecule has 1 aromatic carbocycles. The molecular weight excluding hydrogens is 252 g/mol. The minimum absolute atomic E-state index is 0.0821. The molecule has 1 aliphatic heterocycles. The summed E-state index contributed by atoms with van der Waals surface area (Å²) in [5, 5.41) is 9.08. The molecule has 0 amide bonds. The molecule has 3 nitrogen and oxygen atoms in total. The zero-order chi connectivity index (χ0) is 14.0. The number of ketones is 1. The molecule has 2 unspecified atom stereocenters. The van der Waals surface area contributed by atoms with Crippen molar-refractivity contribution in [2.24, 2.45) is 5.92 Å². The maximum atomic E-state index is 13.6. The Hall–Kier alpha value is -1.33. The van der Waals surface area contributed by atoms with Crippen LogP contribution in [0.4, 0.5) is 8.78 Å². The number of Topliss-reactive ketones (excluding diaryl/α,β-unsaturated/α-hetero) is 1. The van der Waals surface area contributed by atoms with Crippen LogP contribution < -0.4 is 0 Å². The Bertz CT molecular complexity index is 479. The molecule has 1 heterocycles. The first kappa shape index (κ1) is 14.1. The maximum Gasteiger partial charge on any atom is 0.182 e. The summed E-state index contributed by atoms with van der Waals surface area (Å²) in [5.74, 6) is -1.69. The largest absolute Gasteiger partial charge is 0.396 e. The van der Waals surface area contributed by atoms with Gasteiger partial charge >= 0.3 is 0 Å². The molecule has 1 saturated heterocycles. The van der Waals surface area contributed by atoms with Gasteiger partial charge < -0.3 is 5.11 Å². The molecule has 2 rings (SSSR count). The molecule has 0 aromatic heterocycles. The van der Waals surface area contributed by atoms with Crippen molar-refractivity contribution in [2.45, 2.75) is 19.4 Å². The molecule has 1 aromatic rings. The van der Waals surface area contributed by atoms with E-state index in [1.165, 1.54) is 6.07 Å². The van der Waals surface area contributed by atoms with Crippen LogP contribution in [0.5, 0.6) is 0 Å². The van der Waals surface area contributed by atoms with Crippen molar-refractivity contribution < 1.29 is 18.7 Å². The van der Waals surface area contributed by atoms with E-state index in [0.717, 1.165) is 18.6 Å². The Balaban J connectivity index is 2.11. The van der Waals surface area contributed by atoms with Gasteiger partial charge in [-0.15, -0.1) is 0 Å². The number of rotatable bonds is 4. The molecule has 5 heteroatoms. The van der Waals surface area contributed by atoms with Crippen LogP contribution in [0.2, 0.25) is 0 Å². The van der Waals surface area contributed by atoms with E-state index in [9.17, 15) is 13.6 Å². The number of hydrogen-bond donors (Lipinski definition) is 1. The zero-order valence-electron chi connectivity index (χ0n) is 10.8. The molecule has 19 heavy (non-hydrogen) atoms. The Morgan fingerprint density at radius 3 is 2.84 bits per heavy atom. The minimum atomic E-state index is -0.824. The maximum absolute atomic E-state index is 13.6. The molecule has 0 radical (unpaired) electrons. The average Bonchev–Trinajstić information content (AvgIpc) is 2.86. The highest BCUT2D eigenvalue weighted by Gasteiger charge is 2.30. The highest BCUT2D eigenvalue weighted by atomic mass is 19.1. The topological polar surface area (TPSA) is 40.5 Å². The van der Waals surface area contributed by atoms with Crippen LogP contribution in [0.3, 0.4) is 0 Å². The molecule has 104 valence electrons. The first-order chi connectivity index (χ1) is 9.02. The monoisotopic (exact) mass is 269 g/mol. The first-order valence-corrected chi connectivity index (χ1v) is 6.37. The van der Waals surface area contributed by atoms with Crippen molar-refractivity contribution in [3.8, 4) is 0 Å². The minimum Gasteiger partial charge on any atom is -0.396 e. The molecule has 1 aliphatic rings. The Morgan fingerprint density at radius 1 is 1.53 bits per heavy atom. The van der Waals surface area contributed by atoms with E-state index in [4.69, 9.17) is 5.11 Å². The number of hydrogen-bond acceptors (Lipinski definition) is 3. The fourth-order valence-corrected chi connectivity index (χ4v) is 2.44. The van der Waals surface area contributed by atoms with Crippen molar-refractivity contribution in [1.82, 2.24) is 4.90 Å². The summed E-state index contributed by atoms with van der Waals surface area (Å²) in [6, 6.07) is 2.53. The Labute approximate surface area is 110 Å². The second-order valence-electron chi connectivity index (χ2n) is 5.00. The normalized spacial score (nSPS) is 21.6. The number of halogens is 2. The third-order valence-corrected chi connectivity index (χ3v) is 3.70. The van der Waals surface area contributed by atoms with Crippen molar-refractivity contribution in [2.75, 3.05) is 19.7 Å². The number of likely N-dealkylation sites (tertiary alicyclic amines) is 1. The summed E-state index contributed by atoms with van der Waals surface area (Å²) >= 11 is 0. The second-order valence-corrected chi connectivity index (χ2v) is 5.00. The van der Waals surface area contributed by atoms with Crippen LogP contribution in [-0.2, 0) is 0 Å². The number of carbonyl (C=O) groups is 1. The van der Waals surface area contributed by atoms with Crippen LogP contribution in [0.1, 0.15) is 23.7 Å². The molecule has 0 bridgehead atoms. The van der Waals surface area contributed by atoms with Gasteiger partial charge in [0.15, 0.2) is 5.78 Å². The van der Waals surface area contributed by atoms with Crippen LogP contribution in [-0.4, -0.2) is 41.5 Å². The SMILES string of the molecule is CC(C(=O)c1ccc(F)cc1F)N1CCC(CO)C1. The lowest BCUT2D eigenvalue weighted by Crippen LogP contribution is -2.38. The van der Waals surface area contributed by atoms with Gasteiger partial charge in [0, 0.05) is 19.2 Å². The summed E-state index contributed by atoms with van der Waals surface area (Å²) in [7, 11) is 0. The van der Waals surface area contributed by atoms with Gasteiger partial charge in [-0.05, 0) is 37.9 Å². The quantitative estimate of drug-likeness (QED) is 0.848. The Kier molecular flexibility index (Phi) is 4.27. The zero-order valence-corrected chi connectivity index (χ0v) is 10.8. The van der Waals surface area contributed by atoms with Gasteiger partial charge in [0.1, 0.15) is 11.6 Å². The predicted octanol–water partition coefficient (Wildman–Crippen LogP) is 1.85.